The second-order valence-corrected chi connectivity index (χ2v) is 10.5. The zero-order valence-corrected chi connectivity index (χ0v) is 20.4. The molecule has 33 heavy (non-hydrogen) atoms. The van der Waals surface area contributed by atoms with E-state index in [2.05, 4.69) is 16.9 Å². The average molecular weight is 491 g/mol. The highest BCUT2D eigenvalue weighted by Gasteiger charge is 2.39. The molecule has 1 atom stereocenters. The first-order chi connectivity index (χ1) is 15.4. The lowest BCUT2D eigenvalue weighted by Gasteiger charge is -2.43. The fourth-order valence-corrected chi connectivity index (χ4v) is 6.03. The van der Waals surface area contributed by atoms with Crippen LogP contribution >= 0.6 is 12.4 Å². The molecule has 0 bridgehead atoms. The summed E-state index contributed by atoms with van der Waals surface area (Å²) in [6.45, 7) is 8.13. The number of halogens is 1. The molecule has 1 N–H and O–H groups in total. The van der Waals surface area contributed by atoms with E-state index >= 15 is 0 Å². The molecule has 2 saturated heterocycles. The van der Waals surface area contributed by atoms with Gasteiger partial charge in [-0.05, 0) is 74.2 Å². The standard InChI is InChI=1S/C24H30N4O3S.ClH/c1-18(2)19-3-5-22(6-4-19)32(30,31)27-15-16-28(23(29)17-27)24(20-7-11-25-12-8-20)21-9-13-26-14-10-21;/h3-8,11-12,21,24,26H,1,9-10,13-17H2,2H3;1H. The van der Waals surface area contributed by atoms with Gasteiger partial charge in [-0.15, -0.1) is 12.4 Å². The fraction of sp³-hybridized carbons (Fsp3) is 0.417. The van der Waals surface area contributed by atoms with Crippen LogP contribution in [-0.2, 0) is 14.8 Å². The lowest BCUT2D eigenvalue weighted by atomic mass is 9.85. The summed E-state index contributed by atoms with van der Waals surface area (Å²) in [5, 5.41) is 3.38. The van der Waals surface area contributed by atoms with Gasteiger partial charge in [-0.3, -0.25) is 9.78 Å². The van der Waals surface area contributed by atoms with Gasteiger partial charge in [0.2, 0.25) is 15.9 Å². The largest absolute Gasteiger partial charge is 0.333 e. The van der Waals surface area contributed by atoms with Gasteiger partial charge in [0, 0.05) is 25.5 Å². The van der Waals surface area contributed by atoms with Crippen molar-refractivity contribution in [3.05, 3.63) is 66.5 Å². The Balaban J connectivity index is 0.00000306. The first kappa shape index (κ1) is 25.4. The predicted octanol–water partition coefficient (Wildman–Crippen LogP) is 3.11. The number of aromatic nitrogens is 1. The molecule has 7 nitrogen and oxygen atoms in total. The maximum absolute atomic E-state index is 13.3. The van der Waals surface area contributed by atoms with Crippen LogP contribution in [-0.4, -0.2) is 61.2 Å². The van der Waals surface area contributed by atoms with Gasteiger partial charge in [-0.1, -0.05) is 24.3 Å². The smallest absolute Gasteiger partial charge is 0.243 e. The zero-order valence-electron chi connectivity index (χ0n) is 18.8. The minimum Gasteiger partial charge on any atom is -0.333 e. The maximum atomic E-state index is 13.3. The topological polar surface area (TPSA) is 82.6 Å². The first-order valence-electron chi connectivity index (χ1n) is 11.0. The molecule has 0 saturated carbocycles. The molecule has 0 spiro atoms. The highest BCUT2D eigenvalue weighted by Crippen LogP contribution is 2.35. The van der Waals surface area contributed by atoms with Crippen LogP contribution in [0.4, 0.5) is 0 Å². The Hall–Kier alpha value is -2.26. The molecule has 1 amide bonds. The van der Waals surface area contributed by atoms with Crippen molar-refractivity contribution in [1.82, 2.24) is 19.5 Å². The molecule has 1 aromatic heterocycles. The number of rotatable bonds is 6. The molecule has 0 aliphatic carbocycles. The van der Waals surface area contributed by atoms with Crippen molar-refractivity contribution in [3.63, 3.8) is 0 Å². The summed E-state index contributed by atoms with van der Waals surface area (Å²) in [5.74, 6) is 0.180. The van der Waals surface area contributed by atoms with Crippen LogP contribution in [0.5, 0.6) is 0 Å². The van der Waals surface area contributed by atoms with Gasteiger partial charge >= 0.3 is 0 Å². The molecule has 9 heteroatoms. The van der Waals surface area contributed by atoms with Crippen LogP contribution in [0.3, 0.4) is 0 Å². The molecular weight excluding hydrogens is 460 g/mol. The molecule has 2 fully saturated rings. The van der Waals surface area contributed by atoms with E-state index < -0.39 is 10.0 Å². The number of benzene rings is 1. The number of carbonyl (C=O) groups is 1. The number of sulfonamides is 1. The van der Waals surface area contributed by atoms with Crippen molar-refractivity contribution in [1.29, 1.82) is 0 Å². The molecule has 0 radical (unpaired) electrons. The number of pyridine rings is 1. The van der Waals surface area contributed by atoms with E-state index in [1.54, 1.807) is 36.7 Å². The molecule has 2 aliphatic heterocycles. The normalized spacial score (nSPS) is 19.1. The van der Waals surface area contributed by atoms with Gasteiger partial charge in [0.25, 0.3) is 0 Å². The molecule has 1 unspecified atom stereocenters. The predicted molar refractivity (Wildman–Crippen MR) is 131 cm³/mol. The average Bonchev–Trinajstić information content (AvgIpc) is 2.81. The lowest BCUT2D eigenvalue weighted by Crippen LogP contribution is -2.54. The van der Waals surface area contributed by atoms with Crippen molar-refractivity contribution in [2.24, 2.45) is 5.92 Å². The molecule has 3 heterocycles. The van der Waals surface area contributed by atoms with Crippen molar-refractivity contribution in [2.75, 3.05) is 32.7 Å². The van der Waals surface area contributed by atoms with Gasteiger partial charge in [0.15, 0.2) is 0 Å². The van der Waals surface area contributed by atoms with E-state index in [4.69, 9.17) is 0 Å². The Kier molecular flexibility index (Phi) is 8.28. The third kappa shape index (κ3) is 5.46. The highest BCUT2D eigenvalue weighted by atomic mass is 35.5. The zero-order chi connectivity index (χ0) is 22.7. The highest BCUT2D eigenvalue weighted by molar-refractivity contribution is 7.89. The number of carbonyl (C=O) groups excluding carboxylic acids is 1. The number of nitrogens with one attached hydrogen (secondary N) is 1. The molecule has 4 rings (SSSR count). The van der Waals surface area contributed by atoms with Crippen LogP contribution in [0.1, 0.15) is 36.9 Å². The van der Waals surface area contributed by atoms with E-state index in [1.807, 2.05) is 24.0 Å². The number of piperazine rings is 1. The summed E-state index contributed by atoms with van der Waals surface area (Å²) in [4.78, 5) is 19.5. The summed E-state index contributed by atoms with van der Waals surface area (Å²) < 4.78 is 27.7. The van der Waals surface area contributed by atoms with Crippen LogP contribution in [0.15, 0.2) is 60.3 Å². The van der Waals surface area contributed by atoms with Gasteiger partial charge in [-0.2, -0.15) is 4.31 Å². The van der Waals surface area contributed by atoms with Gasteiger partial charge in [0.05, 0.1) is 17.5 Å². The number of amides is 1. The Bertz CT molecular complexity index is 1070. The summed E-state index contributed by atoms with van der Waals surface area (Å²) in [6.07, 6.45) is 5.47. The van der Waals surface area contributed by atoms with Crippen LogP contribution in [0.25, 0.3) is 5.57 Å². The third-order valence-electron chi connectivity index (χ3n) is 6.42. The summed E-state index contributed by atoms with van der Waals surface area (Å²) in [5.41, 5.74) is 2.83. The molecule has 2 aromatic rings. The molecule has 1 aromatic carbocycles. The Labute approximate surface area is 202 Å². The van der Waals surface area contributed by atoms with Crippen LogP contribution in [0, 0.1) is 5.92 Å². The van der Waals surface area contributed by atoms with E-state index in [0.717, 1.165) is 42.6 Å². The number of piperidine rings is 1. The first-order valence-corrected chi connectivity index (χ1v) is 12.5. The van der Waals surface area contributed by atoms with Gasteiger partial charge < -0.3 is 10.2 Å². The minimum absolute atomic E-state index is 0. The van der Waals surface area contributed by atoms with E-state index in [-0.39, 0.29) is 42.3 Å². The van der Waals surface area contributed by atoms with Gasteiger partial charge in [0.1, 0.15) is 0 Å². The van der Waals surface area contributed by atoms with Gasteiger partial charge in [-0.25, -0.2) is 8.42 Å². The second-order valence-electron chi connectivity index (χ2n) is 8.54. The minimum atomic E-state index is -3.74. The van der Waals surface area contributed by atoms with Crippen molar-refractivity contribution in [2.45, 2.75) is 30.7 Å². The monoisotopic (exact) mass is 490 g/mol. The second kappa shape index (κ2) is 10.8. The Morgan fingerprint density at radius 3 is 2.30 bits per heavy atom. The molecule has 2 aliphatic rings. The van der Waals surface area contributed by atoms with Crippen LogP contribution in [0.2, 0.25) is 0 Å². The number of hydrogen-bond acceptors (Lipinski definition) is 5. The summed E-state index contributed by atoms with van der Waals surface area (Å²) in [6, 6.07) is 10.6. The summed E-state index contributed by atoms with van der Waals surface area (Å²) in [7, 11) is -3.74. The van der Waals surface area contributed by atoms with Crippen molar-refractivity contribution < 1.29 is 13.2 Å². The SMILES string of the molecule is C=C(C)c1ccc(S(=O)(=O)N2CCN(C(c3ccncc3)C3CCNCC3)C(=O)C2)cc1.Cl. The lowest BCUT2D eigenvalue weighted by molar-refractivity contribution is -0.138. The van der Waals surface area contributed by atoms with Crippen LogP contribution < -0.4 is 5.32 Å². The maximum Gasteiger partial charge on any atom is 0.243 e. The number of hydrogen-bond donors (Lipinski definition) is 1. The van der Waals surface area contributed by atoms with E-state index in [0.29, 0.717) is 12.5 Å². The quantitative estimate of drug-likeness (QED) is 0.672. The van der Waals surface area contributed by atoms with Crippen molar-refractivity contribution >= 4 is 33.9 Å². The Morgan fingerprint density at radius 2 is 1.73 bits per heavy atom. The summed E-state index contributed by atoms with van der Waals surface area (Å²) >= 11 is 0. The molecular formula is C24H31ClN4O3S. The number of allylic oxidation sites excluding steroid dienone is 1. The molecule has 178 valence electrons. The fourth-order valence-electron chi connectivity index (χ4n) is 4.65. The van der Waals surface area contributed by atoms with Crippen molar-refractivity contribution in [3.8, 4) is 0 Å². The number of nitrogens with zero attached hydrogens (tertiary/aromatic N) is 3. The van der Waals surface area contributed by atoms with E-state index in [9.17, 15) is 13.2 Å². The Morgan fingerprint density at radius 1 is 1.09 bits per heavy atom. The third-order valence-corrected chi connectivity index (χ3v) is 8.28. The van der Waals surface area contributed by atoms with E-state index in [1.165, 1.54) is 4.31 Å².